The number of hydrogen-bond acceptors (Lipinski definition) is 4. The molecule has 1 fully saturated rings. The summed E-state index contributed by atoms with van der Waals surface area (Å²) in [5.74, 6) is 2.99. The lowest BCUT2D eigenvalue weighted by atomic mass is 10.1. The number of nitrogens with one attached hydrogen (secondary N) is 2. The number of ether oxygens (including phenoxy) is 2. The topological polar surface area (TPSA) is 58.1 Å². The Balaban J connectivity index is 1.65. The van der Waals surface area contributed by atoms with E-state index in [1.54, 1.807) is 7.11 Å². The number of anilines is 1. The van der Waals surface area contributed by atoms with Gasteiger partial charge in [-0.25, -0.2) is 0 Å². The molecule has 0 aromatic heterocycles. The van der Waals surface area contributed by atoms with Gasteiger partial charge < -0.3 is 25.0 Å². The van der Waals surface area contributed by atoms with Crippen LogP contribution in [0.1, 0.15) is 26.7 Å². The van der Waals surface area contributed by atoms with E-state index in [1.165, 1.54) is 12.1 Å². The van der Waals surface area contributed by atoms with Crippen molar-refractivity contribution in [3.63, 3.8) is 0 Å². The summed E-state index contributed by atoms with van der Waals surface area (Å²) >= 11 is 0. The van der Waals surface area contributed by atoms with Gasteiger partial charge in [0.15, 0.2) is 5.96 Å². The Labute approximate surface area is 164 Å². The van der Waals surface area contributed by atoms with Crippen LogP contribution in [0.3, 0.4) is 0 Å². The van der Waals surface area contributed by atoms with E-state index in [9.17, 15) is 0 Å². The lowest BCUT2D eigenvalue weighted by molar-refractivity contribution is 0.108. The summed E-state index contributed by atoms with van der Waals surface area (Å²) in [6, 6.07) is 8.30. The smallest absolute Gasteiger partial charge is 0.190 e. The van der Waals surface area contributed by atoms with Crippen molar-refractivity contribution in [2.75, 3.05) is 58.5 Å². The minimum atomic E-state index is 0.593. The summed E-state index contributed by atoms with van der Waals surface area (Å²) in [4.78, 5) is 6.75. The normalized spacial score (nSPS) is 17.4. The fourth-order valence-electron chi connectivity index (χ4n) is 3.20. The monoisotopic (exact) mass is 376 g/mol. The third-order valence-corrected chi connectivity index (χ3v) is 4.70. The van der Waals surface area contributed by atoms with E-state index < -0.39 is 0 Å². The van der Waals surface area contributed by atoms with Gasteiger partial charge in [-0.05, 0) is 36.8 Å². The second-order valence-corrected chi connectivity index (χ2v) is 7.50. The van der Waals surface area contributed by atoms with Crippen LogP contribution in [0.4, 0.5) is 5.69 Å². The minimum absolute atomic E-state index is 0.593. The molecule has 6 nitrogen and oxygen atoms in total. The number of aliphatic imine (C=N–C) groups is 1. The van der Waals surface area contributed by atoms with Gasteiger partial charge >= 0.3 is 0 Å². The highest BCUT2D eigenvalue weighted by Crippen LogP contribution is 2.26. The maximum atomic E-state index is 5.61. The molecule has 1 saturated heterocycles. The van der Waals surface area contributed by atoms with Gasteiger partial charge in [-0.3, -0.25) is 4.99 Å². The lowest BCUT2D eigenvalue weighted by Crippen LogP contribution is -2.40. The maximum absolute atomic E-state index is 5.61. The first-order valence-electron chi connectivity index (χ1n) is 10.0. The van der Waals surface area contributed by atoms with Crippen molar-refractivity contribution in [1.29, 1.82) is 0 Å². The molecule has 0 bridgehead atoms. The van der Waals surface area contributed by atoms with Gasteiger partial charge in [0.1, 0.15) is 5.75 Å². The van der Waals surface area contributed by atoms with Gasteiger partial charge in [-0.15, -0.1) is 0 Å². The molecule has 0 saturated carbocycles. The molecule has 27 heavy (non-hydrogen) atoms. The standard InChI is InChI=1S/C21H36N4O2/c1-17(2)16-27-12-6-10-23-21(22-3)24-14-18-9-11-25(15-18)19-7-5-8-20(13-19)26-4/h5,7-8,13,17-18H,6,9-12,14-16H2,1-4H3,(H2,22,23,24). The number of hydrogen-bond donors (Lipinski definition) is 2. The lowest BCUT2D eigenvalue weighted by Gasteiger charge is -2.20. The first-order chi connectivity index (χ1) is 13.1. The number of rotatable bonds is 10. The highest BCUT2D eigenvalue weighted by Gasteiger charge is 2.23. The van der Waals surface area contributed by atoms with Crippen LogP contribution in [0.15, 0.2) is 29.3 Å². The quantitative estimate of drug-likeness (QED) is 0.374. The Bertz CT molecular complexity index is 577. The molecule has 1 unspecified atom stereocenters. The van der Waals surface area contributed by atoms with E-state index in [0.29, 0.717) is 11.8 Å². The molecule has 1 heterocycles. The van der Waals surface area contributed by atoms with Crippen LogP contribution in [0, 0.1) is 11.8 Å². The zero-order valence-electron chi connectivity index (χ0n) is 17.3. The van der Waals surface area contributed by atoms with Crippen molar-refractivity contribution >= 4 is 11.6 Å². The van der Waals surface area contributed by atoms with Crippen LogP contribution in [0.2, 0.25) is 0 Å². The Morgan fingerprint density at radius 3 is 2.93 bits per heavy atom. The van der Waals surface area contributed by atoms with E-state index in [-0.39, 0.29) is 0 Å². The average molecular weight is 377 g/mol. The van der Waals surface area contributed by atoms with Gasteiger partial charge in [0, 0.05) is 58.2 Å². The van der Waals surface area contributed by atoms with Gasteiger partial charge in [0.2, 0.25) is 0 Å². The van der Waals surface area contributed by atoms with E-state index in [1.807, 2.05) is 13.1 Å². The summed E-state index contributed by atoms with van der Waals surface area (Å²) in [5, 5.41) is 6.83. The Morgan fingerprint density at radius 1 is 1.33 bits per heavy atom. The Kier molecular flexibility index (Phi) is 9.25. The Morgan fingerprint density at radius 2 is 2.19 bits per heavy atom. The molecule has 1 atom stereocenters. The van der Waals surface area contributed by atoms with Crippen LogP contribution in [-0.2, 0) is 4.74 Å². The first-order valence-corrected chi connectivity index (χ1v) is 10.0. The molecule has 2 rings (SSSR count). The van der Waals surface area contributed by atoms with Crippen molar-refractivity contribution in [1.82, 2.24) is 10.6 Å². The van der Waals surface area contributed by atoms with Gasteiger partial charge in [-0.2, -0.15) is 0 Å². The molecule has 1 aromatic carbocycles. The molecule has 0 aliphatic carbocycles. The fraction of sp³-hybridized carbons (Fsp3) is 0.667. The van der Waals surface area contributed by atoms with Crippen molar-refractivity contribution in [2.24, 2.45) is 16.8 Å². The number of methoxy groups -OCH3 is 1. The van der Waals surface area contributed by atoms with Crippen molar-refractivity contribution < 1.29 is 9.47 Å². The zero-order valence-corrected chi connectivity index (χ0v) is 17.3. The highest BCUT2D eigenvalue weighted by atomic mass is 16.5. The van der Waals surface area contributed by atoms with Crippen molar-refractivity contribution in [2.45, 2.75) is 26.7 Å². The maximum Gasteiger partial charge on any atom is 0.190 e. The summed E-state index contributed by atoms with van der Waals surface area (Å²) in [6.45, 7) is 9.91. The number of benzene rings is 1. The molecule has 0 radical (unpaired) electrons. The molecule has 0 spiro atoms. The number of nitrogens with zero attached hydrogens (tertiary/aromatic N) is 2. The van der Waals surface area contributed by atoms with Crippen molar-refractivity contribution in [3.8, 4) is 5.75 Å². The number of guanidine groups is 1. The van der Waals surface area contributed by atoms with Crippen LogP contribution in [-0.4, -0.2) is 59.5 Å². The molecule has 1 aliphatic heterocycles. The van der Waals surface area contributed by atoms with Crippen LogP contribution >= 0.6 is 0 Å². The first kappa shape index (κ1) is 21.4. The average Bonchev–Trinajstić information content (AvgIpc) is 3.15. The van der Waals surface area contributed by atoms with Gasteiger partial charge in [0.05, 0.1) is 7.11 Å². The predicted octanol–water partition coefficient (Wildman–Crippen LogP) is 2.75. The summed E-state index contributed by atoms with van der Waals surface area (Å²) in [7, 11) is 3.53. The summed E-state index contributed by atoms with van der Waals surface area (Å²) < 4.78 is 10.9. The van der Waals surface area contributed by atoms with E-state index in [2.05, 4.69) is 52.6 Å². The zero-order chi connectivity index (χ0) is 19.5. The van der Waals surface area contributed by atoms with E-state index in [4.69, 9.17) is 9.47 Å². The van der Waals surface area contributed by atoms with Gasteiger partial charge in [0.25, 0.3) is 0 Å². The second-order valence-electron chi connectivity index (χ2n) is 7.50. The highest BCUT2D eigenvalue weighted by molar-refractivity contribution is 5.79. The van der Waals surface area contributed by atoms with Crippen molar-refractivity contribution in [3.05, 3.63) is 24.3 Å². The molecule has 1 aliphatic rings. The molecular weight excluding hydrogens is 340 g/mol. The Hall–Kier alpha value is -1.95. The summed E-state index contributed by atoms with van der Waals surface area (Å²) in [6.07, 6.45) is 2.17. The summed E-state index contributed by atoms with van der Waals surface area (Å²) in [5.41, 5.74) is 1.24. The molecule has 6 heteroatoms. The SMILES string of the molecule is CN=C(NCCCOCC(C)C)NCC1CCN(c2cccc(OC)c2)C1. The minimum Gasteiger partial charge on any atom is -0.497 e. The van der Waals surface area contributed by atoms with E-state index in [0.717, 1.165) is 57.5 Å². The third kappa shape index (κ3) is 7.67. The van der Waals surface area contributed by atoms with Crippen LogP contribution < -0.4 is 20.3 Å². The third-order valence-electron chi connectivity index (χ3n) is 4.70. The van der Waals surface area contributed by atoms with E-state index >= 15 is 0 Å². The van der Waals surface area contributed by atoms with Gasteiger partial charge in [-0.1, -0.05) is 19.9 Å². The second kappa shape index (κ2) is 11.7. The van der Waals surface area contributed by atoms with Crippen LogP contribution in [0.5, 0.6) is 5.75 Å². The largest absolute Gasteiger partial charge is 0.497 e. The fourth-order valence-corrected chi connectivity index (χ4v) is 3.20. The molecule has 0 amide bonds. The molecule has 152 valence electrons. The molecule has 1 aromatic rings. The predicted molar refractivity (Wildman–Crippen MR) is 113 cm³/mol. The van der Waals surface area contributed by atoms with Crippen LogP contribution in [0.25, 0.3) is 0 Å². The molecular formula is C21H36N4O2. The molecule has 2 N–H and O–H groups in total.